The molecular formula is C36H32N2O6S. The largest absolute Gasteiger partial charge is 0.507 e. The van der Waals surface area contributed by atoms with E-state index in [2.05, 4.69) is 0 Å². The van der Waals surface area contributed by atoms with E-state index in [1.54, 1.807) is 42.5 Å². The summed E-state index contributed by atoms with van der Waals surface area (Å²) in [5.74, 6) is -0.299. The van der Waals surface area contributed by atoms with E-state index in [0.717, 1.165) is 22.2 Å². The number of ketones is 1. The molecule has 5 aromatic rings. The number of aliphatic hydroxyl groups excluding tert-OH is 1. The average molecular weight is 621 g/mol. The molecular weight excluding hydrogens is 588 g/mol. The molecule has 1 aromatic heterocycles. The first-order valence-electron chi connectivity index (χ1n) is 14.6. The Labute approximate surface area is 265 Å². The lowest BCUT2D eigenvalue weighted by Crippen LogP contribution is -2.29. The Hall–Kier alpha value is -5.15. The lowest BCUT2D eigenvalue weighted by Gasteiger charge is -2.24. The highest BCUT2D eigenvalue weighted by Crippen LogP contribution is 2.46. The first-order valence-corrected chi connectivity index (χ1v) is 15.5. The van der Waals surface area contributed by atoms with E-state index in [4.69, 9.17) is 19.2 Å². The zero-order chi connectivity index (χ0) is 31.5. The fourth-order valence-corrected chi connectivity index (χ4v) is 6.35. The molecule has 0 bridgehead atoms. The minimum atomic E-state index is -0.972. The summed E-state index contributed by atoms with van der Waals surface area (Å²) >= 11 is 1.32. The normalized spacial score (nSPS) is 15.9. The van der Waals surface area contributed by atoms with Crippen LogP contribution in [0.2, 0.25) is 0 Å². The zero-order valence-electron chi connectivity index (χ0n) is 25.2. The Morgan fingerprint density at radius 1 is 0.933 bits per heavy atom. The predicted molar refractivity (Wildman–Crippen MR) is 175 cm³/mol. The Morgan fingerprint density at radius 3 is 2.44 bits per heavy atom. The number of hydrogen-bond donors (Lipinski definition) is 1. The molecule has 2 heterocycles. The number of benzene rings is 4. The van der Waals surface area contributed by atoms with Crippen molar-refractivity contribution in [1.29, 1.82) is 0 Å². The van der Waals surface area contributed by atoms with Crippen LogP contribution in [0.15, 0.2) is 96.6 Å². The molecule has 6 rings (SSSR count). The highest BCUT2D eigenvalue weighted by Gasteiger charge is 2.48. The van der Waals surface area contributed by atoms with Crippen LogP contribution in [0.4, 0.5) is 5.13 Å². The van der Waals surface area contributed by atoms with Crippen LogP contribution in [0.25, 0.3) is 16.0 Å². The van der Waals surface area contributed by atoms with Crippen molar-refractivity contribution in [3.63, 3.8) is 0 Å². The summed E-state index contributed by atoms with van der Waals surface area (Å²) in [6.07, 6.45) is 0.857. The zero-order valence-corrected chi connectivity index (χ0v) is 26.0. The number of carbonyl (C=O) groups excluding carboxylic acids is 2. The Bertz CT molecular complexity index is 1900. The number of nitrogens with zero attached hydrogens (tertiary/aromatic N) is 2. The van der Waals surface area contributed by atoms with Crippen molar-refractivity contribution in [2.75, 3.05) is 18.6 Å². The maximum Gasteiger partial charge on any atom is 0.301 e. The van der Waals surface area contributed by atoms with Gasteiger partial charge >= 0.3 is 5.91 Å². The van der Waals surface area contributed by atoms with Crippen molar-refractivity contribution >= 4 is 44.1 Å². The number of carbonyl (C=O) groups is 2. The number of anilines is 1. The van der Waals surface area contributed by atoms with Crippen molar-refractivity contribution in [2.45, 2.75) is 32.9 Å². The highest BCUT2D eigenvalue weighted by molar-refractivity contribution is 7.22. The first-order chi connectivity index (χ1) is 21.9. The third-order valence-corrected chi connectivity index (χ3v) is 8.54. The second-order valence-electron chi connectivity index (χ2n) is 10.7. The second-order valence-corrected chi connectivity index (χ2v) is 11.7. The van der Waals surface area contributed by atoms with E-state index < -0.39 is 17.7 Å². The van der Waals surface area contributed by atoms with Gasteiger partial charge in [-0.15, -0.1) is 0 Å². The van der Waals surface area contributed by atoms with Crippen LogP contribution >= 0.6 is 11.3 Å². The van der Waals surface area contributed by atoms with Crippen molar-refractivity contribution in [1.82, 2.24) is 4.98 Å². The fourth-order valence-electron chi connectivity index (χ4n) is 5.26. The third-order valence-electron chi connectivity index (χ3n) is 7.52. The number of methoxy groups -OCH3 is 1. The number of fused-ring (bicyclic) bond motifs is 1. The van der Waals surface area contributed by atoms with Crippen molar-refractivity contribution < 1.29 is 28.9 Å². The lowest BCUT2D eigenvalue weighted by molar-refractivity contribution is -0.132. The molecule has 0 spiro atoms. The second kappa shape index (κ2) is 12.8. The Kier molecular flexibility index (Phi) is 8.53. The van der Waals surface area contributed by atoms with Gasteiger partial charge in [-0.2, -0.15) is 0 Å². The number of thiazole rings is 1. The van der Waals surface area contributed by atoms with E-state index >= 15 is 0 Å². The molecule has 8 nitrogen and oxygen atoms in total. The summed E-state index contributed by atoms with van der Waals surface area (Å²) < 4.78 is 18.3. The van der Waals surface area contributed by atoms with Crippen LogP contribution in [-0.4, -0.2) is 35.5 Å². The quantitative estimate of drug-likeness (QED) is 0.0975. The minimum absolute atomic E-state index is 0.0438. The lowest BCUT2D eigenvalue weighted by atomic mass is 9.95. The van der Waals surface area contributed by atoms with Crippen LogP contribution in [0.3, 0.4) is 0 Å². The van der Waals surface area contributed by atoms with Crippen molar-refractivity contribution in [2.24, 2.45) is 0 Å². The van der Waals surface area contributed by atoms with Gasteiger partial charge in [-0.05, 0) is 78.6 Å². The van der Waals surface area contributed by atoms with Gasteiger partial charge < -0.3 is 19.3 Å². The number of rotatable bonds is 10. The molecule has 1 unspecified atom stereocenters. The molecule has 1 aliphatic heterocycles. The van der Waals surface area contributed by atoms with Gasteiger partial charge in [-0.3, -0.25) is 14.5 Å². The summed E-state index contributed by atoms with van der Waals surface area (Å²) in [6, 6.07) is 26.7. The summed E-state index contributed by atoms with van der Waals surface area (Å²) in [4.78, 5) is 33.6. The van der Waals surface area contributed by atoms with Gasteiger partial charge in [0, 0.05) is 5.56 Å². The molecule has 1 atom stereocenters. The number of amides is 1. The number of aliphatic hydroxyl groups is 1. The summed E-state index contributed by atoms with van der Waals surface area (Å²) in [5, 5.41) is 12.0. The molecule has 0 radical (unpaired) electrons. The highest BCUT2D eigenvalue weighted by atomic mass is 32.1. The van der Waals surface area contributed by atoms with Gasteiger partial charge in [-0.1, -0.05) is 60.7 Å². The van der Waals surface area contributed by atoms with Crippen LogP contribution in [0.5, 0.6) is 17.2 Å². The Morgan fingerprint density at radius 2 is 1.71 bits per heavy atom. The number of aryl methyl sites for hydroxylation is 1. The van der Waals surface area contributed by atoms with Crippen LogP contribution < -0.4 is 19.1 Å². The van der Waals surface area contributed by atoms with Gasteiger partial charge in [0.05, 0.1) is 35.5 Å². The van der Waals surface area contributed by atoms with Crippen LogP contribution in [0.1, 0.15) is 41.6 Å². The van der Waals surface area contributed by atoms with Gasteiger partial charge in [0.15, 0.2) is 16.6 Å². The summed E-state index contributed by atoms with van der Waals surface area (Å²) in [5.41, 5.74) is 3.66. The number of ether oxygens (including phenoxy) is 3. The topological polar surface area (TPSA) is 98.2 Å². The summed E-state index contributed by atoms with van der Waals surface area (Å²) in [7, 11) is 1.53. The van der Waals surface area contributed by atoms with E-state index in [1.807, 2.05) is 62.4 Å². The molecule has 1 fully saturated rings. The van der Waals surface area contributed by atoms with Gasteiger partial charge in [0.1, 0.15) is 18.1 Å². The first kappa shape index (κ1) is 29.9. The standard InChI is InChI=1S/C36H32N2O6S/c1-4-18-43-26-14-11-24(12-15-26)33(39)31-32(25-13-17-28(29(20-25)42-3)44-21-23-8-6-5-7-9-23)38(35(41)34(31)40)36-37-27-16-10-22(2)19-30(27)45-36/h5-17,19-20,32,39H,4,18,21H2,1-3H3. The van der Waals surface area contributed by atoms with Crippen molar-refractivity contribution in [3.8, 4) is 17.2 Å². The molecule has 1 N–H and O–H groups in total. The SMILES string of the molecule is CCCOc1ccc(C(O)=C2C(=O)C(=O)N(c3nc4ccc(C)cc4s3)C2c2ccc(OCc3ccccc3)c(OC)c2)cc1. The average Bonchev–Trinajstić information content (AvgIpc) is 3.60. The fraction of sp³-hybridized carbons (Fsp3) is 0.194. The molecule has 0 aliphatic carbocycles. The third kappa shape index (κ3) is 5.99. The van der Waals surface area contributed by atoms with E-state index in [1.165, 1.54) is 23.3 Å². The van der Waals surface area contributed by atoms with Gasteiger partial charge in [-0.25, -0.2) is 4.98 Å². The molecule has 228 valence electrons. The maximum atomic E-state index is 13.8. The number of hydrogen-bond acceptors (Lipinski definition) is 8. The molecule has 4 aromatic carbocycles. The smallest absolute Gasteiger partial charge is 0.301 e. The summed E-state index contributed by atoms with van der Waals surface area (Å²) in [6.45, 7) is 4.89. The predicted octanol–water partition coefficient (Wildman–Crippen LogP) is 7.61. The van der Waals surface area contributed by atoms with E-state index in [9.17, 15) is 14.7 Å². The molecule has 9 heteroatoms. The van der Waals surface area contributed by atoms with Crippen molar-refractivity contribution in [3.05, 3.63) is 119 Å². The molecule has 0 saturated carbocycles. The van der Waals surface area contributed by atoms with Crippen LogP contribution in [0, 0.1) is 6.92 Å². The number of Topliss-reactive ketones (excluding diaryl/α,β-unsaturated/α-hetero) is 1. The van der Waals surface area contributed by atoms with Crippen LogP contribution in [-0.2, 0) is 16.2 Å². The molecule has 1 amide bonds. The van der Waals surface area contributed by atoms with Gasteiger partial charge in [0.2, 0.25) is 0 Å². The van der Waals surface area contributed by atoms with Gasteiger partial charge in [0.25, 0.3) is 5.78 Å². The molecule has 45 heavy (non-hydrogen) atoms. The Balaban J connectivity index is 1.45. The van der Waals surface area contributed by atoms with E-state index in [0.29, 0.717) is 52.2 Å². The molecule has 1 saturated heterocycles. The maximum absolute atomic E-state index is 13.8. The monoisotopic (exact) mass is 620 g/mol. The van der Waals surface area contributed by atoms with E-state index in [-0.39, 0.29) is 11.3 Å². The molecule has 1 aliphatic rings. The minimum Gasteiger partial charge on any atom is -0.507 e. The number of aromatic nitrogens is 1.